The molecular formula is C21H33N5O2. The highest BCUT2D eigenvalue weighted by Gasteiger charge is 2.15. The van der Waals surface area contributed by atoms with Crippen molar-refractivity contribution >= 4 is 17.0 Å². The molecule has 1 fully saturated rings. The predicted octanol–water partition coefficient (Wildman–Crippen LogP) is 2.49. The molecule has 28 heavy (non-hydrogen) atoms. The molecule has 0 spiro atoms. The monoisotopic (exact) mass is 387 g/mol. The van der Waals surface area contributed by atoms with E-state index in [0.29, 0.717) is 0 Å². The molecule has 0 bridgehead atoms. The number of benzene rings is 1. The SMILES string of the molecule is CCNC(=NCCCn1c(C)nc2ccccc21)NCCCOC1CCOC1. The van der Waals surface area contributed by atoms with E-state index in [4.69, 9.17) is 14.5 Å². The predicted molar refractivity (Wildman–Crippen MR) is 113 cm³/mol. The van der Waals surface area contributed by atoms with Crippen LogP contribution in [-0.4, -0.2) is 61.1 Å². The van der Waals surface area contributed by atoms with Gasteiger partial charge in [-0.05, 0) is 45.2 Å². The van der Waals surface area contributed by atoms with Crippen LogP contribution in [0.15, 0.2) is 29.3 Å². The highest BCUT2D eigenvalue weighted by Crippen LogP contribution is 2.15. The van der Waals surface area contributed by atoms with Crippen molar-refractivity contribution in [2.45, 2.75) is 45.8 Å². The van der Waals surface area contributed by atoms with Crippen LogP contribution in [-0.2, 0) is 16.0 Å². The summed E-state index contributed by atoms with van der Waals surface area (Å²) in [6.07, 6.45) is 3.23. The molecule has 0 saturated carbocycles. The Bertz CT molecular complexity index is 752. The van der Waals surface area contributed by atoms with Crippen LogP contribution in [0.5, 0.6) is 0 Å². The van der Waals surface area contributed by atoms with Crippen LogP contribution in [0, 0.1) is 6.92 Å². The second-order valence-corrected chi connectivity index (χ2v) is 7.05. The van der Waals surface area contributed by atoms with E-state index >= 15 is 0 Å². The summed E-state index contributed by atoms with van der Waals surface area (Å²) in [5, 5.41) is 6.70. The summed E-state index contributed by atoms with van der Waals surface area (Å²) in [4.78, 5) is 9.32. The number of hydrogen-bond acceptors (Lipinski definition) is 4. The maximum Gasteiger partial charge on any atom is 0.191 e. The van der Waals surface area contributed by atoms with Gasteiger partial charge in [-0.2, -0.15) is 0 Å². The topological polar surface area (TPSA) is 72.7 Å². The van der Waals surface area contributed by atoms with Gasteiger partial charge >= 0.3 is 0 Å². The van der Waals surface area contributed by atoms with E-state index in [2.05, 4.69) is 52.2 Å². The van der Waals surface area contributed by atoms with Gasteiger partial charge in [0.15, 0.2) is 5.96 Å². The minimum absolute atomic E-state index is 0.282. The fraction of sp³-hybridized carbons (Fsp3) is 0.619. The van der Waals surface area contributed by atoms with E-state index in [9.17, 15) is 0 Å². The van der Waals surface area contributed by atoms with Gasteiger partial charge in [-0.15, -0.1) is 0 Å². The second kappa shape index (κ2) is 11.0. The number of guanidine groups is 1. The van der Waals surface area contributed by atoms with Gasteiger partial charge < -0.3 is 24.7 Å². The Labute approximate surface area is 167 Å². The Morgan fingerprint density at radius 1 is 1.32 bits per heavy atom. The molecule has 1 aromatic carbocycles. The molecule has 0 aliphatic carbocycles. The molecule has 1 unspecified atom stereocenters. The number of aliphatic imine (C=N–C) groups is 1. The van der Waals surface area contributed by atoms with Crippen LogP contribution in [0.1, 0.15) is 32.0 Å². The summed E-state index contributed by atoms with van der Waals surface area (Å²) in [5.41, 5.74) is 2.26. The van der Waals surface area contributed by atoms with Gasteiger partial charge in [0.25, 0.3) is 0 Å². The molecule has 0 amide bonds. The van der Waals surface area contributed by atoms with Gasteiger partial charge in [0.05, 0.1) is 23.7 Å². The zero-order chi connectivity index (χ0) is 19.6. The quantitative estimate of drug-likeness (QED) is 0.372. The van der Waals surface area contributed by atoms with Crippen molar-refractivity contribution < 1.29 is 9.47 Å². The lowest BCUT2D eigenvalue weighted by Gasteiger charge is -2.13. The fourth-order valence-electron chi connectivity index (χ4n) is 3.41. The minimum Gasteiger partial charge on any atom is -0.379 e. The molecule has 154 valence electrons. The third kappa shape index (κ3) is 5.94. The first kappa shape index (κ1) is 20.6. The zero-order valence-corrected chi connectivity index (χ0v) is 17.1. The first-order chi connectivity index (χ1) is 13.8. The maximum absolute atomic E-state index is 5.80. The van der Waals surface area contributed by atoms with Crippen LogP contribution < -0.4 is 10.6 Å². The van der Waals surface area contributed by atoms with Crippen LogP contribution in [0.2, 0.25) is 0 Å². The molecular weight excluding hydrogens is 354 g/mol. The van der Waals surface area contributed by atoms with Gasteiger partial charge in [-0.1, -0.05) is 12.1 Å². The Morgan fingerprint density at radius 2 is 2.21 bits per heavy atom. The smallest absolute Gasteiger partial charge is 0.191 e. The summed E-state index contributed by atoms with van der Waals surface area (Å²) < 4.78 is 13.4. The summed E-state index contributed by atoms with van der Waals surface area (Å²) in [7, 11) is 0. The van der Waals surface area contributed by atoms with Crippen molar-refractivity contribution in [3.63, 3.8) is 0 Å². The van der Waals surface area contributed by atoms with E-state index in [0.717, 1.165) is 82.6 Å². The molecule has 7 nitrogen and oxygen atoms in total. The lowest BCUT2D eigenvalue weighted by molar-refractivity contribution is 0.0420. The molecule has 7 heteroatoms. The number of nitrogens with one attached hydrogen (secondary N) is 2. The maximum atomic E-state index is 5.80. The van der Waals surface area contributed by atoms with E-state index in [1.165, 1.54) is 5.52 Å². The molecule has 1 atom stereocenters. The van der Waals surface area contributed by atoms with Gasteiger partial charge in [-0.3, -0.25) is 4.99 Å². The second-order valence-electron chi connectivity index (χ2n) is 7.05. The molecule has 2 N–H and O–H groups in total. The van der Waals surface area contributed by atoms with E-state index in [1.807, 2.05) is 6.07 Å². The van der Waals surface area contributed by atoms with E-state index < -0.39 is 0 Å². The third-order valence-electron chi connectivity index (χ3n) is 4.85. The molecule has 1 aliphatic rings. The average molecular weight is 388 g/mol. The Hall–Kier alpha value is -2.12. The number of rotatable bonds is 10. The first-order valence-corrected chi connectivity index (χ1v) is 10.4. The number of aryl methyl sites for hydroxylation is 2. The first-order valence-electron chi connectivity index (χ1n) is 10.4. The molecule has 3 rings (SSSR count). The van der Waals surface area contributed by atoms with Crippen LogP contribution in [0.4, 0.5) is 0 Å². The fourth-order valence-corrected chi connectivity index (χ4v) is 3.41. The number of fused-ring (bicyclic) bond motifs is 1. The highest BCUT2D eigenvalue weighted by molar-refractivity contribution is 5.79. The molecule has 1 aromatic heterocycles. The van der Waals surface area contributed by atoms with Crippen molar-refractivity contribution in [3.8, 4) is 0 Å². The highest BCUT2D eigenvalue weighted by atomic mass is 16.5. The largest absolute Gasteiger partial charge is 0.379 e. The Balaban J connectivity index is 1.39. The minimum atomic E-state index is 0.282. The summed E-state index contributed by atoms with van der Waals surface area (Å²) in [6.45, 7) is 9.88. The van der Waals surface area contributed by atoms with Crippen LogP contribution >= 0.6 is 0 Å². The normalized spacial score (nSPS) is 17.4. The van der Waals surface area contributed by atoms with Crippen molar-refractivity contribution in [3.05, 3.63) is 30.1 Å². The van der Waals surface area contributed by atoms with Crippen LogP contribution in [0.3, 0.4) is 0 Å². The van der Waals surface area contributed by atoms with E-state index in [-0.39, 0.29) is 6.10 Å². The lowest BCUT2D eigenvalue weighted by atomic mass is 10.3. The van der Waals surface area contributed by atoms with Crippen molar-refractivity contribution in [2.75, 3.05) is 39.5 Å². The lowest BCUT2D eigenvalue weighted by Crippen LogP contribution is -2.38. The Morgan fingerprint density at radius 3 is 3.04 bits per heavy atom. The Kier molecular flexibility index (Phi) is 8.11. The molecule has 1 aliphatic heterocycles. The summed E-state index contributed by atoms with van der Waals surface area (Å²) >= 11 is 0. The molecule has 2 aromatic rings. The van der Waals surface area contributed by atoms with Gasteiger partial charge in [0.2, 0.25) is 0 Å². The summed E-state index contributed by atoms with van der Waals surface area (Å²) in [5.74, 6) is 1.93. The number of hydrogen-bond donors (Lipinski definition) is 2. The summed E-state index contributed by atoms with van der Waals surface area (Å²) in [6, 6.07) is 8.29. The number of nitrogens with zero attached hydrogens (tertiary/aromatic N) is 3. The number of para-hydroxylation sites is 2. The van der Waals surface area contributed by atoms with Crippen molar-refractivity contribution in [2.24, 2.45) is 4.99 Å². The third-order valence-corrected chi connectivity index (χ3v) is 4.85. The van der Waals surface area contributed by atoms with E-state index in [1.54, 1.807) is 0 Å². The molecule has 2 heterocycles. The standard InChI is InChI=1S/C21H33N5O2/c1-3-22-21(24-12-7-14-28-18-10-15-27-16-18)23-11-6-13-26-17(2)25-19-8-4-5-9-20(19)26/h4-5,8-9,18H,3,6-7,10-16H2,1-2H3,(H2,22,23,24). The average Bonchev–Trinajstić information content (AvgIpc) is 3.32. The van der Waals surface area contributed by atoms with Gasteiger partial charge in [0, 0.05) is 39.4 Å². The van der Waals surface area contributed by atoms with Crippen molar-refractivity contribution in [1.29, 1.82) is 0 Å². The number of ether oxygens (including phenoxy) is 2. The number of imidazole rings is 1. The van der Waals surface area contributed by atoms with Gasteiger partial charge in [-0.25, -0.2) is 4.98 Å². The molecule has 1 saturated heterocycles. The molecule has 0 radical (unpaired) electrons. The van der Waals surface area contributed by atoms with Crippen LogP contribution in [0.25, 0.3) is 11.0 Å². The van der Waals surface area contributed by atoms with Gasteiger partial charge in [0.1, 0.15) is 5.82 Å². The van der Waals surface area contributed by atoms with Crippen molar-refractivity contribution in [1.82, 2.24) is 20.2 Å². The zero-order valence-electron chi connectivity index (χ0n) is 17.1. The number of aromatic nitrogens is 2.